The Bertz CT molecular complexity index is 434. The molecule has 0 spiro atoms. The third-order valence-electron chi connectivity index (χ3n) is 1.92. The van der Waals surface area contributed by atoms with Gasteiger partial charge in [0.25, 0.3) is 5.69 Å². The van der Waals surface area contributed by atoms with Crippen LogP contribution in [-0.4, -0.2) is 16.5 Å². The molecule has 1 aromatic heterocycles. The lowest BCUT2D eigenvalue weighted by atomic mass is 10.3. The van der Waals surface area contributed by atoms with Crippen LogP contribution in [0.25, 0.3) is 0 Å². The Morgan fingerprint density at radius 1 is 1.71 bits per heavy atom. The van der Waals surface area contributed by atoms with E-state index in [0.717, 1.165) is 5.57 Å². The van der Waals surface area contributed by atoms with E-state index < -0.39 is 4.92 Å². The molecule has 0 aliphatic carbocycles. The maximum absolute atomic E-state index is 10.6. The van der Waals surface area contributed by atoms with Gasteiger partial charge in [0.05, 0.1) is 23.7 Å². The van der Waals surface area contributed by atoms with Crippen molar-refractivity contribution in [1.82, 2.24) is 4.98 Å². The van der Waals surface area contributed by atoms with Gasteiger partial charge in [0, 0.05) is 6.42 Å². The van der Waals surface area contributed by atoms with E-state index in [4.69, 9.17) is 10.6 Å². The van der Waals surface area contributed by atoms with Crippen LogP contribution >= 0.6 is 0 Å². The molecule has 0 aliphatic rings. The molecule has 0 atom stereocenters. The summed E-state index contributed by atoms with van der Waals surface area (Å²) in [6.45, 7) is 5.97. The summed E-state index contributed by atoms with van der Waals surface area (Å²) in [5.74, 6) is 5.51. The molecule has 92 valence electrons. The van der Waals surface area contributed by atoms with Crippen molar-refractivity contribution in [2.45, 2.75) is 13.3 Å². The van der Waals surface area contributed by atoms with Gasteiger partial charge in [0.1, 0.15) is 0 Å². The van der Waals surface area contributed by atoms with Crippen molar-refractivity contribution >= 4 is 11.5 Å². The van der Waals surface area contributed by atoms with Gasteiger partial charge < -0.3 is 10.2 Å². The first-order valence-electron chi connectivity index (χ1n) is 4.93. The Hall–Kier alpha value is -2.15. The fourth-order valence-corrected chi connectivity index (χ4v) is 1.07. The van der Waals surface area contributed by atoms with E-state index >= 15 is 0 Å². The standard InChI is InChI=1S/C10H14N4O3/c1-7(2)3-4-17-10-6-8(14(15)16)5-9(12-10)13-11/h5-6H,1,3-4,11H2,2H3,(H,12,13). The van der Waals surface area contributed by atoms with E-state index in [1.807, 2.05) is 6.92 Å². The molecule has 0 radical (unpaired) electrons. The number of rotatable bonds is 6. The lowest BCUT2D eigenvalue weighted by Crippen LogP contribution is -2.10. The number of aromatic nitrogens is 1. The van der Waals surface area contributed by atoms with Gasteiger partial charge in [0.2, 0.25) is 5.88 Å². The van der Waals surface area contributed by atoms with E-state index in [1.54, 1.807) is 0 Å². The van der Waals surface area contributed by atoms with Crippen molar-refractivity contribution in [2.24, 2.45) is 5.84 Å². The zero-order chi connectivity index (χ0) is 12.8. The summed E-state index contributed by atoms with van der Waals surface area (Å²) >= 11 is 0. The van der Waals surface area contributed by atoms with E-state index in [-0.39, 0.29) is 17.4 Å². The van der Waals surface area contributed by atoms with Crippen molar-refractivity contribution in [3.8, 4) is 5.88 Å². The van der Waals surface area contributed by atoms with Crippen LogP contribution in [0.4, 0.5) is 11.5 Å². The Balaban J connectivity index is 2.80. The fourth-order valence-electron chi connectivity index (χ4n) is 1.07. The van der Waals surface area contributed by atoms with Gasteiger partial charge in [-0.25, -0.2) is 5.84 Å². The van der Waals surface area contributed by atoms with Crippen LogP contribution in [0.2, 0.25) is 0 Å². The Morgan fingerprint density at radius 3 is 2.94 bits per heavy atom. The lowest BCUT2D eigenvalue weighted by molar-refractivity contribution is -0.384. The van der Waals surface area contributed by atoms with E-state index in [1.165, 1.54) is 12.1 Å². The van der Waals surface area contributed by atoms with Crippen LogP contribution in [0.1, 0.15) is 13.3 Å². The lowest BCUT2D eigenvalue weighted by Gasteiger charge is -2.06. The van der Waals surface area contributed by atoms with Crippen molar-refractivity contribution in [2.75, 3.05) is 12.0 Å². The predicted octanol–water partition coefficient (Wildman–Crippen LogP) is 1.62. The summed E-state index contributed by atoms with van der Waals surface area (Å²) in [5.41, 5.74) is 3.09. The summed E-state index contributed by atoms with van der Waals surface area (Å²) < 4.78 is 5.28. The average Bonchev–Trinajstić information content (AvgIpc) is 2.28. The third-order valence-corrected chi connectivity index (χ3v) is 1.92. The topological polar surface area (TPSA) is 103 Å². The van der Waals surface area contributed by atoms with Crippen molar-refractivity contribution in [3.05, 3.63) is 34.4 Å². The number of hydrazine groups is 1. The van der Waals surface area contributed by atoms with Gasteiger partial charge in [0.15, 0.2) is 5.82 Å². The normalized spacial score (nSPS) is 9.76. The number of nitrogens with zero attached hydrogens (tertiary/aromatic N) is 2. The summed E-state index contributed by atoms with van der Waals surface area (Å²) in [6.07, 6.45) is 0.662. The third kappa shape index (κ3) is 4.07. The highest BCUT2D eigenvalue weighted by Crippen LogP contribution is 2.21. The summed E-state index contributed by atoms with van der Waals surface area (Å²) in [7, 11) is 0. The second-order valence-electron chi connectivity index (χ2n) is 3.51. The van der Waals surface area contributed by atoms with Crippen LogP contribution in [0.15, 0.2) is 24.3 Å². The monoisotopic (exact) mass is 238 g/mol. The highest BCUT2D eigenvalue weighted by Gasteiger charge is 2.11. The zero-order valence-corrected chi connectivity index (χ0v) is 9.47. The molecule has 0 unspecified atom stereocenters. The molecule has 7 nitrogen and oxygen atoms in total. The highest BCUT2D eigenvalue weighted by atomic mass is 16.6. The van der Waals surface area contributed by atoms with Crippen LogP contribution < -0.4 is 16.0 Å². The number of anilines is 1. The average molecular weight is 238 g/mol. The fraction of sp³-hybridized carbons (Fsp3) is 0.300. The number of nitro groups is 1. The Morgan fingerprint density at radius 2 is 2.41 bits per heavy atom. The number of hydrogen-bond donors (Lipinski definition) is 2. The van der Waals surface area contributed by atoms with Gasteiger partial charge in [-0.1, -0.05) is 5.57 Å². The largest absolute Gasteiger partial charge is 0.477 e. The molecular formula is C10H14N4O3. The number of nitrogen functional groups attached to an aromatic ring is 1. The Labute approximate surface area is 98.4 Å². The van der Waals surface area contributed by atoms with Crippen LogP contribution in [-0.2, 0) is 0 Å². The van der Waals surface area contributed by atoms with Crippen molar-refractivity contribution < 1.29 is 9.66 Å². The molecule has 0 amide bonds. The van der Waals surface area contributed by atoms with Crippen molar-refractivity contribution in [1.29, 1.82) is 0 Å². The molecule has 1 rings (SSSR count). The number of ether oxygens (including phenoxy) is 1. The second kappa shape index (κ2) is 5.80. The van der Waals surface area contributed by atoms with Gasteiger partial charge in [-0.15, -0.1) is 6.58 Å². The molecule has 3 N–H and O–H groups in total. The van der Waals surface area contributed by atoms with E-state index in [0.29, 0.717) is 13.0 Å². The van der Waals surface area contributed by atoms with Crippen LogP contribution in [0.5, 0.6) is 5.88 Å². The molecule has 0 fully saturated rings. The van der Waals surface area contributed by atoms with Crippen molar-refractivity contribution in [3.63, 3.8) is 0 Å². The first-order chi connectivity index (χ1) is 8.02. The maximum Gasteiger partial charge on any atom is 0.278 e. The smallest absolute Gasteiger partial charge is 0.278 e. The molecule has 17 heavy (non-hydrogen) atoms. The molecule has 1 aromatic rings. The SMILES string of the molecule is C=C(C)CCOc1cc([N+](=O)[O-])cc(NN)n1. The molecule has 0 saturated carbocycles. The molecule has 0 aromatic carbocycles. The molecule has 0 aliphatic heterocycles. The second-order valence-corrected chi connectivity index (χ2v) is 3.51. The Kier molecular flexibility index (Phi) is 4.41. The minimum Gasteiger partial charge on any atom is -0.477 e. The highest BCUT2D eigenvalue weighted by molar-refractivity contribution is 5.47. The quantitative estimate of drug-likeness (QED) is 0.338. The van der Waals surface area contributed by atoms with E-state index in [2.05, 4.69) is 17.0 Å². The van der Waals surface area contributed by atoms with E-state index in [9.17, 15) is 10.1 Å². The molecule has 0 bridgehead atoms. The first-order valence-corrected chi connectivity index (χ1v) is 4.93. The number of nitrogens with two attached hydrogens (primary N) is 1. The number of nitrogens with one attached hydrogen (secondary N) is 1. The zero-order valence-electron chi connectivity index (χ0n) is 9.47. The van der Waals surface area contributed by atoms with Crippen LogP contribution in [0.3, 0.4) is 0 Å². The minimum atomic E-state index is -0.534. The minimum absolute atomic E-state index is 0.127. The summed E-state index contributed by atoms with van der Waals surface area (Å²) in [6, 6.07) is 2.48. The molecule has 1 heterocycles. The molecule has 7 heteroatoms. The number of pyridine rings is 1. The molecular weight excluding hydrogens is 224 g/mol. The van der Waals surface area contributed by atoms with Gasteiger partial charge in [-0.3, -0.25) is 10.1 Å². The number of hydrogen-bond acceptors (Lipinski definition) is 6. The summed E-state index contributed by atoms with van der Waals surface area (Å²) in [5, 5.41) is 10.6. The first kappa shape index (κ1) is 12.9. The predicted molar refractivity (Wildman–Crippen MR) is 63.6 cm³/mol. The summed E-state index contributed by atoms with van der Waals surface area (Å²) in [4.78, 5) is 14.0. The van der Waals surface area contributed by atoms with Gasteiger partial charge >= 0.3 is 0 Å². The van der Waals surface area contributed by atoms with Crippen LogP contribution in [0, 0.1) is 10.1 Å². The van der Waals surface area contributed by atoms with Gasteiger partial charge in [-0.2, -0.15) is 4.98 Å². The maximum atomic E-state index is 10.6. The molecule has 0 saturated heterocycles. The van der Waals surface area contributed by atoms with Gasteiger partial charge in [-0.05, 0) is 6.92 Å².